The minimum Gasteiger partial charge on any atom is -0.493 e. The van der Waals surface area contributed by atoms with Gasteiger partial charge in [0, 0.05) is 35.1 Å². The predicted molar refractivity (Wildman–Crippen MR) is 206 cm³/mol. The van der Waals surface area contributed by atoms with Crippen LogP contribution in [0.1, 0.15) is 54.4 Å². The second-order valence-electron chi connectivity index (χ2n) is 13.2. The molecule has 0 aromatic heterocycles. The second kappa shape index (κ2) is 17.5. The van der Waals surface area contributed by atoms with Crippen molar-refractivity contribution in [3.05, 3.63) is 117 Å². The van der Waals surface area contributed by atoms with Crippen molar-refractivity contribution >= 4 is 50.7 Å². The largest absolute Gasteiger partial charge is 0.493 e. The predicted octanol–water partition coefficient (Wildman–Crippen LogP) is 7.91. The van der Waals surface area contributed by atoms with Crippen LogP contribution in [0.2, 0.25) is 10.0 Å². The van der Waals surface area contributed by atoms with Gasteiger partial charge in [0.2, 0.25) is 11.8 Å². The van der Waals surface area contributed by atoms with Gasteiger partial charge >= 0.3 is 0 Å². The minimum atomic E-state index is -4.38. The first kappa shape index (κ1) is 39.0. The second-order valence-corrected chi connectivity index (χ2v) is 15.9. The molecule has 1 saturated carbocycles. The molecule has 0 aliphatic heterocycles. The molecule has 0 radical (unpaired) electrons. The zero-order chi connectivity index (χ0) is 37.4. The summed E-state index contributed by atoms with van der Waals surface area (Å²) in [5.41, 5.74) is 3.33. The number of carbonyl (C=O) groups excluding carboxylic acids is 2. The lowest BCUT2D eigenvalue weighted by Gasteiger charge is -2.35. The van der Waals surface area contributed by atoms with E-state index >= 15 is 0 Å². The molecule has 4 aromatic rings. The quantitative estimate of drug-likeness (QED) is 0.140. The molecule has 5 rings (SSSR count). The number of nitrogens with zero attached hydrogens (tertiary/aromatic N) is 2. The van der Waals surface area contributed by atoms with Crippen LogP contribution in [0.5, 0.6) is 11.5 Å². The number of nitrogens with one attached hydrogen (secondary N) is 1. The highest BCUT2D eigenvalue weighted by atomic mass is 35.5. The van der Waals surface area contributed by atoms with Crippen LogP contribution in [0.15, 0.2) is 89.8 Å². The number of methoxy groups -OCH3 is 2. The molecule has 1 fully saturated rings. The molecule has 4 aromatic carbocycles. The Hall–Kier alpha value is -4.25. The topological polar surface area (TPSA) is 105 Å². The Morgan fingerprint density at radius 1 is 0.846 bits per heavy atom. The molecule has 1 aliphatic carbocycles. The first-order valence-corrected chi connectivity index (χ1v) is 19.5. The third-order valence-corrected chi connectivity index (χ3v) is 11.7. The number of carbonyl (C=O) groups is 2. The molecule has 12 heteroatoms. The molecule has 52 heavy (non-hydrogen) atoms. The summed E-state index contributed by atoms with van der Waals surface area (Å²) in [7, 11) is -1.50. The number of ether oxygens (including phenoxy) is 2. The first-order chi connectivity index (χ1) is 24.9. The van der Waals surface area contributed by atoms with Crippen molar-refractivity contribution in [1.82, 2.24) is 10.2 Å². The van der Waals surface area contributed by atoms with Gasteiger partial charge in [-0.15, -0.1) is 0 Å². The highest BCUT2D eigenvalue weighted by Gasteiger charge is 2.36. The first-order valence-electron chi connectivity index (χ1n) is 17.3. The van der Waals surface area contributed by atoms with E-state index < -0.39 is 28.5 Å². The molecule has 0 unspecified atom stereocenters. The van der Waals surface area contributed by atoms with Gasteiger partial charge in [0.25, 0.3) is 10.0 Å². The Kier molecular flexibility index (Phi) is 13.1. The fourth-order valence-corrected chi connectivity index (χ4v) is 8.54. The van der Waals surface area contributed by atoms with Gasteiger partial charge in [-0.25, -0.2) is 8.42 Å². The highest BCUT2D eigenvalue weighted by molar-refractivity contribution is 7.92. The van der Waals surface area contributed by atoms with Gasteiger partial charge in [-0.05, 0) is 85.3 Å². The van der Waals surface area contributed by atoms with Crippen LogP contribution in [0, 0.1) is 13.8 Å². The zero-order valence-corrected chi connectivity index (χ0v) is 32.2. The minimum absolute atomic E-state index is 0.0206. The summed E-state index contributed by atoms with van der Waals surface area (Å²) >= 11 is 12.9. The van der Waals surface area contributed by atoms with Crippen LogP contribution in [-0.2, 0) is 32.6 Å². The Labute approximate surface area is 316 Å². The molecule has 2 amide bonds. The Bertz CT molecular complexity index is 1970. The Balaban J connectivity index is 1.62. The van der Waals surface area contributed by atoms with Crippen molar-refractivity contribution in [3.8, 4) is 11.5 Å². The summed E-state index contributed by atoms with van der Waals surface area (Å²) in [6.45, 7) is 3.05. The van der Waals surface area contributed by atoms with Gasteiger partial charge in [0.1, 0.15) is 12.6 Å². The molecule has 9 nitrogen and oxygen atoms in total. The maximum Gasteiger partial charge on any atom is 0.264 e. The lowest BCUT2D eigenvalue weighted by atomic mass is 9.94. The molecule has 0 heterocycles. The Morgan fingerprint density at radius 3 is 2.15 bits per heavy atom. The van der Waals surface area contributed by atoms with E-state index in [-0.39, 0.29) is 35.6 Å². The monoisotopic (exact) mass is 765 g/mol. The summed E-state index contributed by atoms with van der Waals surface area (Å²) in [5, 5.41) is 3.96. The lowest BCUT2D eigenvalue weighted by Crippen LogP contribution is -2.55. The van der Waals surface area contributed by atoms with Crippen LogP contribution < -0.4 is 19.1 Å². The molecular formula is C40H45Cl2N3O6S. The summed E-state index contributed by atoms with van der Waals surface area (Å²) in [6.07, 6.45) is 5.03. The maximum absolute atomic E-state index is 14.9. The van der Waals surface area contributed by atoms with Gasteiger partial charge in [-0.3, -0.25) is 13.9 Å². The number of benzene rings is 4. The molecule has 276 valence electrons. The molecule has 0 saturated heterocycles. The lowest BCUT2D eigenvalue weighted by molar-refractivity contribution is -0.140. The number of aryl methyl sites for hydroxylation is 2. The summed E-state index contributed by atoms with van der Waals surface area (Å²) in [6, 6.07) is 23.1. The fourth-order valence-electron chi connectivity index (χ4n) is 6.66. The van der Waals surface area contributed by atoms with Gasteiger partial charge < -0.3 is 19.7 Å². The van der Waals surface area contributed by atoms with E-state index in [0.717, 1.165) is 53.1 Å². The van der Waals surface area contributed by atoms with E-state index in [1.165, 1.54) is 37.3 Å². The van der Waals surface area contributed by atoms with E-state index in [4.69, 9.17) is 32.7 Å². The molecule has 1 N–H and O–H groups in total. The summed E-state index contributed by atoms with van der Waals surface area (Å²) in [4.78, 5) is 30.7. The van der Waals surface area contributed by atoms with Crippen LogP contribution in [0.25, 0.3) is 0 Å². The number of sulfonamides is 1. The molecule has 0 bridgehead atoms. The molecule has 1 atom stereocenters. The van der Waals surface area contributed by atoms with Crippen molar-refractivity contribution in [1.29, 1.82) is 0 Å². The number of anilines is 1. The highest BCUT2D eigenvalue weighted by Crippen LogP contribution is 2.33. The number of rotatable bonds is 14. The Morgan fingerprint density at radius 2 is 1.52 bits per heavy atom. The van der Waals surface area contributed by atoms with Crippen LogP contribution in [-0.4, -0.2) is 58.0 Å². The number of hydrogen-bond acceptors (Lipinski definition) is 6. The maximum atomic E-state index is 14.9. The normalized spacial score (nSPS) is 14.0. The third kappa shape index (κ3) is 9.59. The average molecular weight is 767 g/mol. The standard InChI is InChI=1S/C40H45Cl2N3O6S/c1-27-19-28(2)21-33(20-27)45(52(48,49)34-17-18-37(50-3)38(24-34)51-4)26-39(46)44(25-30-15-16-31(41)23-35(30)42)36(22-29-11-7-5-8-12-29)40(47)43-32-13-9-6-10-14-32/h5,7-8,11-12,15-21,23-24,32,36H,6,9-10,13-14,22,25-26H2,1-4H3,(H,43,47)/t36-/m0/s1. The van der Waals surface area contributed by atoms with E-state index in [1.807, 2.05) is 50.2 Å². The number of amides is 2. The number of hydrogen-bond donors (Lipinski definition) is 1. The van der Waals surface area contributed by atoms with Crippen molar-refractivity contribution in [2.24, 2.45) is 0 Å². The van der Waals surface area contributed by atoms with E-state index in [0.29, 0.717) is 27.0 Å². The molecule has 1 aliphatic rings. The third-order valence-electron chi connectivity index (χ3n) is 9.29. The van der Waals surface area contributed by atoms with E-state index in [2.05, 4.69) is 5.32 Å². The van der Waals surface area contributed by atoms with Crippen molar-refractivity contribution < 1.29 is 27.5 Å². The van der Waals surface area contributed by atoms with Crippen LogP contribution in [0.3, 0.4) is 0 Å². The number of halogens is 2. The average Bonchev–Trinajstić information content (AvgIpc) is 3.12. The van der Waals surface area contributed by atoms with Crippen molar-refractivity contribution in [3.63, 3.8) is 0 Å². The molecule has 0 spiro atoms. The van der Waals surface area contributed by atoms with Crippen molar-refractivity contribution in [2.75, 3.05) is 25.1 Å². The van der Waals surface area contributed by atoms with Gasteiger partial charge in [0.15, 0.2) is 11.5 Å². The van der Waals surface area contributed by atoms with E-state index in [1.54, 1.807) is 30.3 Å². The van der Waals surface area contributed by atoms with E-state index in [9.17, 15) is 18.0 Å². The smallest absolute Gasteiger partial charge is 0.264 e. The van der Waals surface area contributed by atoms with Crippen LogP contribution >= 0.6 is 23.2 Å². The summed E-state index contributed by atoms with van der Waals surface area (Å²) < 4.78 is 41.1. The van der Waals surface area contributed by atoms with Gasteiger partial charge in [-0.2, -0.15) is 0 Å². The molecular weight excluding hydrogens is 721 g/mol. The zero-order valence-electron chi connectivity index (χ0n) is 29.9. The van der Waals surface area contributed by atoms with Crippen molar-refractivity contribution in [2.45, 2.75) is 75.9 Å². The summed E-state index contributed by atoms with van der Waals surface area (Å²) in [5.74, 6) is -0.324. The van der Waals surface area contributed by atoms with Crippen LogP contribution in [0.4, 0.5) is 5.69 Å². The van der Waals surface area contributed by atoms with Gasteiger partial charge in [0.05, 0.1) is 24.8 Å². The fraction of sp³-hybridized carbons (Fsp3) is 0.350. The van der Waals surface area contributed by atoms with Gasteiger partial charge in [-0.1, -0.05) is 84.9 Å². The SMILES string of the molecule is COc1ccc(S(=O)(=O)N(CC(=O)N(Cc2ccc(Cl)cc2Cl)[C@@H](Cc2ccccc2)C(=O)NC2CCCCC2)c2cc(C)cc(C)c2)cc1OC.